The second-order valence-corrected chi connectivity index (χ2v) is 21.5. The topological polar surface area (TPSA) is 77.3 Å². The molecule has 0 saturated carbocycles. The van der Waals surface area contributed by atoms with Crippen molar-refractivity contribution in [1.82, 2.24) is 29.9 Å². The Morgan fingerprint density at radius 1 is 0.240 bits per heavy atom. The van der Waals surface area contributed by atoms with Crippen molar-refractivity contribution >= 4 is 0 Å². The van der Waals surface area contributed by atoms with E-state index in [0.29, 0.717) is 0 Å². The van der Waals surface area contributed by atoms with Gasteiger partial charge in [-0.3, -0.25) is 29.9 Å². The number of rotatable bonds is 6. The van der Waals surface area contributed by atoms with E-state index in [-0.39, 0.29) is 0 Å². The van der Waals surface area contributed by atoms with E-state index >= 15 is 0 Å². The van der Waals surface area contributed by atoms with Crippen LogP contribution in [0.25, 0.3) is 67.5 Å². The highest BCUT2D eigenvalue weighted by Gasteiger charge is 2.65. The molecule has 6 aliphatic rings. The Bertz CT molecular complexity index is 3620. The van der Waals surface area contributed by atoms with Crippen LogP contribution in [0.4, 0.5) is 0 Å². The van der Waals surface area contributed by atoms with Crippen LogP contribution in [0, 0.1) is 0 Å². The van der Waals surface area contributed by atoms with Gasteiger partial charge >= 0.3 is 0 Å². The lowest BCUT2D eigenvalue weighted by atomic mass is 9.63. The normalized spacial score (nSPS) is 15.4. The van der Waals surface area contributed by atoms with Crippen LogP contribution < -0.4 is 0 Å². The minimum atomic E-state index is -0.791. The molecule has 16 rings (SSSR count). The van der Waals surface area contributed by atoms with E-state index in [0.717, 1.165) is 107 Å². The highest BCUT2D eigenvalue weighted by Crippen LogP contribution is 2.76. The molecule has 0 bridgehead atoms. The van der Waals surface area contributed by atoms with Crippen LogP contribution in [-0.4, -0.2) is 29.9 Å². The Hall–Kier alpha value is -8.22. The predicted molar refractivity (Wildman–Crippen MR) is 298 cm³/mol. The molecular formula is C69H54N6. The van der Waals surface area contributed by atoms with Crippen molar-refractivity contribution in [3.63, 3.8) is 0 Å². The maximum atomic E-state index is 5.63. The van der Waals surface area contributed by atoms with E-state index in [1.165, 1.54) is 100 Å². The molecule has 0 fully saturated rings. The number of nitrogens with zero attached hydrogens (tertiary/aromatic N) is 6. The second kappa shape index (κ2) is 15.0. The van der Waals surface area contributed by atoms with Crippen molar-refractivity contribution in [3.8, 4) is 67.5 Å². The van der Waals surface area contributed by atoms with Crippen LogP contribution in [0.5, 0.6) is 0 Å². The summed E-state index contributed by atoms with van der Waals surface area (Å²) in [5.41, 5.74) is 32.5. The van der Waals surface area contributed by atoms with Crippen molar-refractivity contribution in [3.05, 3.63) is 247 Å². The zero-order valence-corrected chi connectivity index (χ0v) is 43.3. The summed E-state index contributed by atoms with van der Waals surface area (Å²) in [6.07, 6.45) is 4.98. The van der Waals surface area contributed by atoms with Gasteiger partial charge in [-0.05, 0) is 175 Å². The number of aryl methyl sites for hydroxylation is 6. The van der Waals surface area contributed by atoms with Crippen molar-refractivity contribution in [2.75, 3.05) is 0 Å². The number of aromatic nitrogens is 6. The van der Waals surface area contributed by atoms with Crippen LogP contribution in [-0.2, 0) is 54.8 Å². The summed E-state index contributed by atoms with van der Waals surface area (Å²) in [4.78, 5) is 33.8. The highest BCUT2D eigenvalue weighted by atomic mass is 14.9. The Balaban J connectivity index is 1.20. The zero-order chi connectivity index (χ0) is 50.3. The Morgan fingerprint density at radius 2 is 0.440 bits per heavy atom. The summed E-state index contributed by atoms with van der Waals surface area (Å²) in [5.74, 6) is 0. The molecule has 360 valence electrons. The van der Waals surface area contributed by atoms with Crippen molar-refractivity contribution in [2.45, 2.75) is 96.3 Å². The van der Waals surface area contributed by atoms with E-state index in [1.54, 1.807) is 0 Å². The van der Waals surface area contributed by atoms with Gasteiger partial charge in [0.2, 0.25) is 0 Å². The summed E-state index contributed by atoms with van der Waals surface area (Å²) in [6.45, 7) is 13.3. The minimum absolute atomic E-state index is 0.791. The summed E-state index contributed by atoms with van der Waals surface area (Å²) >= 11 is 0. The van der Waals surface area contributed by atoms with Gasteiger partial charge in [-0.2, -0.15) is 0 Å². The third kappa shape index (κ3) is 4.85. The maximum absolute atomic E-state index is 5.63. The Labute approximate surface area is 438 Å². The van der Waals surface area contributed by atoms with Gasteiger partial charge in [0.05, 0.1) is 50.4 Å². The predicted octanol–water partition coefficient (Wildman–Crippen LogP) is 14.5. The number of benzene rings is 4. The third-order valence-electron chi connectivity index (χ3n) is 18.4. The molecule has 6 heterocycles. The van der Waals surface area contributed by atoms with E-state index < -0.39 is 16.2 Å². The maximum Gasteiger partial charge on any atom is 0.0940 e. The van der Waals surface area contributed by atoms with Crippen molar-refractivity contribution in [1.29, 1.82) is 0 Å². The largest absolute Gasteiger partial charge is 0.251 e. The molecule has 0 aliphatic heterocycles. The van der Waals surface area contributed by atoms with Gasteiger partial charge in [0.1, 0.15) is 0 Å². The number of fused-ring (bicyclic) bond motifs is 33. The van der Waals surface area contributed by atoms with Crippen LogP contribution in [0.1, 0.15) is 142 Å². The Morgan fingerprint density at radius 3 is 0.640 bits per heavy atom. The molecule has 4 aromatic carbocycles. The molecular weight excluding hydrogens is 913 g/mol. The van der Waals surface area contributed by atoms with Crippen LogP contribution in [0.15, 0.2) is 146 Å². The lowest BCUT2D eigenvalue weighted by Crippen LogP contribution is -2.31. The highest BCUT2D eigenvalue weighted by molar-refractivity contribution is 6.12. The van der Waals surface area contributed by atoms with Crippen LogP contribution in [0.3, 0.4) is 0 Å². The quantitative estimate of drug-likeness (QED) is 0.165. The molecule has 6 nitrogen and oxygen atoms in total. The summed E-state index contributed by atoms with van der Waals surface area (Å²) < 4.78 is 0. The standard InChI is InChI=1S/C69H54N6/c1-7-37-25-31-49-61(70-37)62-50(32-26-38(8-2)71-62)67(49)46-22-16-13-19-43(46)55-58(67)56-44-20-14-17-23-47(44)68(51-33-27-39(9-3)72-63(51)64-52(68)34-28-40(10-4)73-64)60(56)57-45-21-15-18-24-48(45)69(59(55)57)53-35-29-41(11-5)74-65(53)66-54(69)36-30-42(12-6)75-66/h13-36H,7-12H2,1-6H3. The van der Waals surface area contributed by atoms with Gasteiger partial charge in [0, 0.05) is 34.2 Å². The fourth-order valence-electron chi connectivity index (χ4n) is 15.4. The number of pyridine rings is 6. The fraction of sp³-hybridized carbons (Fsp3) is 0.217. The third-order valence-corrected chi connectivity index (χ3v) is 18.4. The van der Waals surface area contributed by atoms with Gasteiger partial charge in [-0.25, -0.2) is 0 Å². The second-order valence-electron chi connectivity index (χ2n) is 21.5. The first-order valence-electron chi connectivity index (χ1n) is 27.5. The van der Waals surface area contributed by atoms with E-state index in [4.69, 9.17) is 29.9 Å². The molecule has 6 aromatic heterocycles. The van der Waals surface area contributed by atoms with Gasteiger partial charge in [-0.15, -0.1) is 0 Å². The molecule has 0 radical (unpaired) electrons. The molecule has 3 spiro atoms. The first-order chi connectivity index (χ1) is 36.9. The SMILES string of the molecule is CCc1ccc2c(n1)-c1nc(CC)ccc1C21c2ccccc2-c2c1c1c(c3c2C2(c4ccccc4-3)c3ccc(CC)nc3-c3nc(CC)ccc32)C2(c3ccccc3-1)c1ccc(CC)nc1-c1nc(CC)ccc12. The summed E-state index contributed by atoms with van der Waals surface area (Å²) in [7, 11) is 0. The molecule has 0 saturated heterocycles. The van der Waals surface area contributed by atoms with Crippen molar-refractivity contribution in [2.24, 2.45) is 0 Å². The lowest BCUT2D eigenvalue weighted by Gasteiger charge is -2.37. The molecule has 0 N–H and O–H groups in total. The van der Waals surface area contributed by atoms with Crippen molar-refractivity contribution < 1.29 is 0 Å². The molecule has 0 amide bonds. The van der Waals surface area contributed by atoms with Gasteiger partial charge in [0.15, 0.2) is 0 Å². The average molecular weight is 967 g/mol. The van der Waals surface area contributed by atoms with E-state index in [1.807, 2.05) is 0 Å². The Kier molecular flexibility index (Phi) is 8.63. The first kappa shape index (κ1) is 43.2. The minimum Gasteiger partial charge on any atom is -0.251 e. The molecule has 75 heavy (non-hydrogen) atoms. The molecule has 0 atom stereocenters. The van der Waals surface area contributed by atoms with E-state index in [2.05, 4.69) is 187 Å². The number of hydrogen-bond donors (Lipinski definition) is 0. The summed E-state index contributed by atoms with van der Waals surface area (Å²) in [5, 5.41) is 0. The smallest absolute Gasteiger partial charge is 0.0940 e. The summed E-state index contributed by atoms with van der Waals surface area (Å²) in [6, 6.07) is 56.3. The zero-order valence-electron chi connectivity index (χ0n) is 43.3. The lowest BCUT2D eigenvalue weighted by molar-refractivity contribution is 0.757. The van der Waals surface area contributed by atoms with Gasteiger partial charge in [0.25, 0.3) is 0 Å². The molecule has 10 aromatic rings. The average Bonchev–Trinajstić information content (AvgIpc) is 3.84. The van der Waals surface area contributed by atoms with Crippen LogP contribution >= 0.6 is 0 Å². The molecule has 6 aliphatic carbocycles. The van der Waals surface area contributed by atoms with Crippen LogP contribution in [0.2, 0.25) is 0 Å². The van der Waals surface area contributed by atoms with Gasteiger partial charge < -0.3 is 0 Å². The molecule has 6 heteroatoms. The monoisotopic (exact) mass is 966 g/mol. The number of hydrogen-bond acceptors (Lipinski definition) is 6. The van der Waals surface area contributed by atoms with E-state index in [9.17, 15) is 0 Å². The van der Waals surface area contributed by atoms with Gasteiger partial charge in [-0.1, -0.05) is 151 Å². The fourth-order valence-corrected chi connectivity index (χ4v) is 15.4. The molecule has 0 unspecified atom stereocenters. The first-order valence-corrected chi connectivity index (χ1v) is 27.5.